The maximum absolute atomic E-state index is 11.4. The Morgan fingerprint density at radius 3 is 2.72 bits per heavy atom. The Hall–Kier alpha value is -0.650. The van der Waals surface area contributed by atoms with Gasteiger partial charge in [-0.2, -0.15) is 0 Å². The van der Waals surface area contributed by atoms with Gasteiger partial charge in [-0.05, 0) is 53.9 Å². The van der Waals surface area contributed by atoms with Crippen molar-refractivity contribution in [3.8, 4) is 0 Å². The SMILES string of the molecule is CNC(C)(CCN1CCCC(N(C)C)C1)C(N)=O. The molecule has 1 amide bonds. The molecule has 0 aliphatic carbocycles. The summed E-state index contributed by atoms with van der Waals surface area (Å²) in [5.41, 5.74) is 4.85. The predicted octanol–water partition coefficient (Wildman–Crippen LogP) is -0.134. The number of piperidine rings is 1. The minimum Gasteiger partial charge on any atom is -0.368 e. The summed E-state index contributed by atoms with van der Waals surface area (Å²) in [5, 5.41) is 3.04. The molecule has 2 atom stereocenters. The van der Waals surface area contributed by atoms with Crippen LogP contribution in [0.15, 0.2) is 0 Å². The Labute approximate surface area is 111 Å². The van der Waals surface area contributed by atoms with Gasteiger partial charge in [0, 0.05) is 19.1 Å². The van der Waals surface area contributed by atoms with E-state index in [1.165, 1.54) is 12.8 Å². The van der Waals surface area contributed by atoms with Crippen molar-refractivity contribution >= 4 is 5.91 Å². The lowest BCUT2D eigenvalue weighted by molar-refractivity contribution is -0.124. The summed E-state index contributed by atoms with van der Waals surface area (Å²) in [6.07, 6.45) is 3.26. The third kappa shape index (κ3) is 3.93. The Morgan fingerprint density at radius 1 is 1.56 bits per heavy atom. The molecule has 1 fully saturated rings. The molecule has 3 N–H and O–H groups in total. The first-order chi connectivity index (χ1) is 8.39. The highest BCUT2D eigenvalue weighted by molar-refractivity contribution is 5.84. The molecule has 0 aromatic rings. The van der Waals surface area contributed by atoms with Gasteiger partial charge in [-0.25, -0.2) is 0 Å². The van der Waals surface area contributed by atoms with Crippen LogP contribution in [-0.2, 0) is 4.79 Å². The van der Waals surface area contributed by atoms with Crippen LogP contribution in [0.5, 0.6) is 0 Å². The van der Waals surface area contributed by atoms with Crippen LogP contribution in [0.1, 0.15) is 26.2 Å². The molecular formula is C13H28N4O. The second-order valence-corrected chi connectivity index (χ2v) is 5.76. The second-order valence-electron chi connectivity index (χ2n) is 5.76. The topological polar surface area (TPSA) is 61.6 Å². The van der Waals surface area contributed by atoms with Crippen LogP contribution in [0.3, 0.4) is 0 Å². The number of hydrogen-bond donors (Lipinski definition) is 2. The molecule has 1 heterocycles. The van der Waals surface area contributed by atoms with Gasteiger partial charge >= 0.3 is 0 Å². The number of nitrogens with zero attached hydrogens (tertiary/aromatic N) is 2. The van der Waals surface area contributed by atoms with Crippen molar-refractivity contribution in [2.75, 3.05) is 40.8 Å². The average Bonchev–Trinajstić information content (AvgIpc) is 2.36. The van der Waals surface area contributed by atoms with Crippen molar-refractivity contribution in [3.63, 3.8) is 0 Å². The lowest BCUT2D eigenvalue weighted by Crippen LogP contribution is -2.54. The molecule has 5 nitrogen and oxygen atoms in total. The van der Waals surface area contributed by atoms with E-state index < -0.39 is 5.54 Å². The van der Waals surface area contributed by atoms with E-state index >= 15 is 0 Å². The number of nitrogens with one attached hydrogen (secondary N) is 1. The highest BCUT2D eigenvalue weighted by Gasteiger charge is 2.30. The smallest absolute Gasteiger partial charge is 0.237 e. The van der Waals surface area contributed by atoms with Gasteiger partial charge < -0.3 is 20.9 Å². The zero-order valence-corrected chi connectivity index (χ0v) is 12.2. The van der Waals surface area contributed by atoms with Crippen LogP contribution in [0.2, 0.25) is 0 Å². The summed E-state index contributed by atoms with van der Waals surface area (Å²) in [4.78, 5) is 16.2. The molecule has 0 aromatic heterocycles. The van der Waals surface area contributed by atoms with E-state index in [0.717, 1.165) is 26.1 Å². The van der Waals surface area contributed by atoms with Gasteiger partial charge in [-0.1, -0.05) is 0 Å². The maximum Gasteiger partial charge on any atom is 0.237 e. The zero-order chi connectivity index (χ0) is 13.8. The van der Waals surface area contributed by atoms with Crippen LogP contribution >= 0.6 is 0 Å². The van der Waals surface area contributed by atoms with Crippen LogP contribution in [0, 0.1) is 0 Å². The van der Waals surface area contributed by atoms with Crippen molar-refractivity contribution in [1.29, 1.82) is 0 Å². The molecule has 0 spiro atoms. The lowest BCUT2D eigenvalue weighted by atomic mass is 9.96. The monoisotopic (exact) mass is 256 g/mol. The van der Waals surface area contributed by atoms with E-state index in [2.05, 4.69) is 29.2 Å². The summed E-state index contributed by atoms with van der Waals surface area (Å²) in [6.45, 7) is 5.02. The van der Waals surface area contributed by atoms with E-state index in [9.17, 15) is 4.79 Å². The van der Waals surface area contributed by atoms with Gasteiger partial charge in [0.2, 0.25) is 5.91 Å². The van der Waals surface area contributed by atoms with Gasteiger partial charge in [-0.15, -0.1) is 0 Å². The number of nitrogens with two attached hydrogens (primary N) is 1. The minimum absolute atomic E-state index is 0.272. The second kappa shape index (κ2) is 6.50. The van der Waals surface area contributed by atoms with Crippen molar-refractivity contribution in [1.82, 2.24) is 15.1 Å². The van der Waals surface area contributed by atoms with Gasteiger partial charge in [-0.3, -0.25) is 4.79 Å². The van der Waals surface area contributed by atoms with Crippen molar-refractivity contribution in [2.24, 2.45) is 5.73 Å². The quantitative estimate of drug-likeness (QED) is 0.695. The van der Waals surface area contributed by atoms with Gasteiger partial charge in [0.25, 0.3) is 0 Å². The number of rotatable bonds is 6. The molecule has 0 saturated carbocycles. The Bertz CT molecular complexity index is 282. The number of likely N-dealkylation sites (N-methyl/N-ethyl adjacent to an activating group) is 2. The number of carbonyl (C=O) groups excluding carboxylic acids is 1. The summed E-state index contributed by atoms with van der Waals surface area (Å²) in [7, 11) is 6.06. The van der Waals surface area contributed by atoms with E-state index in [0.29, 0.717) is 6.04 Å². The van der Waals surface area contributed by atoms with Gasteiger partial charge in [0.05, 0.1) is 5.54 Å². The first-order valence-electron chi connectivity index (χ1n) is 6.76. The molecule has 1 rings (SSSR count). The molecule has 18 heavy (non-hydrogen) atoms. The van der Waals surface area contributed by atoms with Crippen LogP contribution in [0.25, 0.3) is 0 Å². The van der Waals surface area contributed by atoms with Crippen LogP contribution in [-0.4, -0.2) is 68.1 Å². The number of amides is 1. The normalized spacial score (nSPS) is 25.1. The van der Waals surface area contributed by atoms with Crippen molar-refractivity contribution < 1.29 is 4.79 Å². The van der Waals surface area contributed by atoms with E-state index in [1.54, 1.807) is 7.05 Å². The summed E-state index contributed by atoms with van der Waals surface area (Å²) in [5.74, 6) is -0.272. The Morgan fingerprint density at radius 2 is 2.22 bits per heavy atom. The lowest BCUT2D eigenvalue weighted by Gasteiger charge is -2.37. The maximum atomic E-state index is 11.4. The third-order valence-corrected chi connectivity index (χ3v) is 4.23. The van der Waals surface area contributed by atoms with E-state index in [-0.39, 0.29) is 5.91 Å². The van der Waals surface area contributed by atoms with Crippen molar-refractivity contribution in [2.45, 2.75) is 37.8 Å². The predicted molar refractivity (Wildman–Crippen MR) is 74.4 cm³/mol. The third-order valence-electron chi connectivity index (χ3n) is 4.23. The standard InChI is InChI=1S/C13H28N4O/c1-13(15-2,12(14)18)7-9-17-8-5-6-11(10-17)16(3)4/h11,15H,5-10H2,1-4H3,(H2,14,18). The summed E-state index contributed by atoms with van der Waals surface area (Å²) in [6, 6.07) is 0.633. The van der Waals surface area contributed by atoms with Gasteiger partial charge in [0.15, 0.2) is 0 Å². The minimum atomic E-state index is -0.592. The highest BCUT2D eigenvalue weighted by atomic mass is 16.1. The largest absolute Gasteiger partial charge is 0.368 e. The number of primary amides is 1. The van der Waals surface area contributed by atoms with Crippen LogP contribution in [0.4, 0.5) is 0 Å². The molecular weight excluding hydrogens is 228 g/mol. The fourth-order valence-electron chi connectivity index (χ4n) is 2.41. The molecule has 0 radical (unpaired) electrons. The molecule has 1 aliphatic heterocycles. The van der Waals surface area contributed by atoms with Crippen molar-refractivity contribution in [3.05, 3.63) is 0 Å². The molecule has 1 aliphatic rings. The number of carbonyl (C=O) groups is 1. The fourth-order valence-corrected chi connectivity index (χ4v) is 2.41. The molecule has 106 valence electrons. The average molecular weight is 256 g/mol. The molecule has 0 aromatic carbocycles. The fraction of sp³-hybridized carbons (Fsp3) is 0.923. The first kappa shape index (κ1) is 15.4. The Kier molecular flexibility index (Phi) is 5.56. The van der Waals surface area contributed by atoms with Gasteiger partial charge in [0.1, 0.15) is 0 Å². The Balaban J connectivity index is 2.45. The number of likely N-dealkylation sites (tertiary alicyclic amines) is 1. The highest BCUT2D eigenvalue weighted by Crippen LogP contribution is 2.16. The van der Waals surface area contributed by atoms with E-state index in [4.69, 9.17) is 5.73 Å². The van der Waals surface area contributed by atoms with E-state index in [1.807, 2.05) is 6.92 Å². The van der Waals surface area contributed by atoms with Crippen LogP contribution < -0.4 is 11.1 Å². The summed E-state index contributed by atoms with van der Waals surface area (Å²) < 4.78 is 0. The summed E-state index contributed by atoms with van der Waals surface area (Å²) >= 11 is 0. The molecule has 5 heteroatoms. The molecule has 1 saturated heterocycles. The molecule has 2 unspecified atom stereocenters. The first-order valence-corrected chi connectivity index (χ1v) is 6.76. The number of hydrogen-bond acceptors (Lipinski definition) is 4. The zero-order valence-electron chi connectivity index (χ0n) is 12.2. The molecule has 0 bridgehead atoms.